The Morgan fingerprint density at radius 1 is 1.19 bits per heavy atom. The van der Waals surface area contributed by atoms with E-state index >= 15 is 0 Å². The lowest BCUT2D eigenvalue weighted by Crippen LogP contribution is -2.48. The zero-order valence-corrected chi connectivity index (χ0v) is 19.5. The van der Waals surface area contributed by atoms with Gasteiger partial charge in [0.15, 0.2) is 5.76 Å². The third-order valence-electron chi connectivity index (χ3n) is 6.28. The van der Waals surface area contributed by atoms with Gasteiger partial charge in [-0.25, -0.2) is 8.42 Å². The van der Waals surface area contributed by atoms with E-state index in [1.807, 2.05) is 35.2 Å². The van der Waals surface area contributed by atoms with Crippen molar-refractivity contribution in [3.8, 4) is 0 Å². The topological polar surface area (TPSA) is 93.0 Å². The summed E-state index contributed by atoms with van der Waals surface area (Å²) in [4.78, 5) is 15.6. The Kier molecular flexibility index (Phi) is 6.97. The Balaban J connectivity index is 1.52. The van der Waals surface area contributed by atoms with Crippen molar-refractivity contribution in [2.75, 3.05) is 26.2 Å². The van der Waals surface area contributed by atoms with Crippen molar-refractivity contribution in [1.29, 1.82) is 0 Å². The van der Waals surface area contributed by atoms with Crippen LogP contribution in [0.15, 0.2) is 39.8 Å². The molecule has 0 aliphatic carbocycles. The lowest BCUT2D eigenvalue weighted by Gasteiger charge is -2.35. The average Bonchev–Trinajstić information content (AvgIpc) is 3.43. The van der Waals surface area contributed by atoms with Crippen LogP contribution >= 0.6 is 0 Å². The summed E-state index contributed by atoms with van der Waals surface area (Å²) in [5.74, 6) is -0.118. The molecule has 0 radical (unpaired) electrons. The van der Waals surface area contributed by atoms with Gasteiger partial charge >= 0.3 is 0 Å². The number of amides is 1. The highest BCUT2D eigenvalue weighted by atomic mass is 32.2. The fourth-order valence-electron chi connectivity index (χ4n) is 4.66. The van der Waals surface area contributed by atoms with Gasteiger partial charge in [0.05, 0.1) is 12.0 Å². The molecule has 0 spiro atoms. The molecule has 0 bridgehead atoms. The van der Waals surface area contributed by atoms with Crippen LogP contribution in [0.25, 0.3) is 0 Å². The largest absolute Gasteiger partial charge is 0.376 e. The molecule has 1 amide bonds. The first-order valence-electron chi connectivity index (χ1n) is 11.2. The van der Waals surface area contributed by atoms with Crippen LogP contribution in [0, 0.1) is 19.8 Å². The van der Waals surface area contributed by atoms with Gasteiger partial charge in [0.1, 0.15) is 10.6 Å². The minimum Gasteiger partial charge on any atom is -0.376 e. The molecule has 2 aromatic rings. The van der Waals surface area contributed by atoms with E-state index in [4.69, 9.17) is 9.26 Å². The molecule has 2 aliphatic heterocycles. The molecule has 2 saturated heterocycles. The number of hydrogen-bond donors (Lipinski definition) is 0. The highest BCUT2D eigenvalue weighted by Crippen LogP contribution is 2.29. The summed E-state index contributed by atoms with van der Waals surface area (Å²) in [6.45, 7) is 5.53. The van der Waals surface area contributed by atoms with Gasteiger partial charge in [-0.1, -0.05) is 35.5 Å². The molecule has 2 unspecified atom stereocenters. The van der Waals surface area contributed by atoms with Crippen LogP contribution in [0.4, 0.5) is 0 Å². The molecule has 4 rings (SSSR count). The second-order valence-electron chi connectivity index (χ2n) is 8.69. The SMILES string of the molecule is Cc1noc(C)c1S(=O)(=O)N1CCCC(C(=O)N(Cc2ccccc2)CC2CCCO2)C1. The summed E-state index contributed by atoms with van der Waals surface area (Å²) < 4.78 is 38.8. The molecule has 3 heterocycles. The number of nitrogens with zero attached hydrogens (tertiary/aromatic N) is 3. The van der Waals surface area contributed by atoms with Crippen molar-refractivity contribution in [3.05, 3.63) is 47.3 Å². The second kappa shape index (κ2) is 9.72. The number of rotatable bonds is 7. The van der Waals surface area contributed by atoms with Crippen molar-refractivity contribution in [2.45, 2.75) is 57.1 Å². The van der Waals surface area contributed by atoms with E-state index < -0.39 is 10.0 Å². The van der Waals surface area contributed by atoms with Gasteiger partial charge < -0.3 is 14.2 Å². The van der Waals surface area contributed by atoms with E-state index in [0.717, 1.165) is 25.0 Å². The van der Waals surface area contributed by atoms with Crippen molar-refractivity contribution < 1.29 is 22.5 Å². The maximum atomic E-state index is 13.6. The predicted octanol–water partition coefficient (Wildman–Crippen LogP) is 2.90. The fraction of sp³-hybridized carbons (Fsp3) is 0.565. The number of sulfonamides is 1. The Bertz CT molecular complexity index is 1010. The third kappa shape index (κ3) is 4.89. The summed E-state index contributed by atoms with van der Waals surface area (Å²) >= 11 is 0. The Labute approximate surface area is 189 Å². The monoisotopic (exact) mass is 461 g/mol. The number of ether oxygens (including phenoxy) is 1. The molecule has 1 aromatic heterocycles. The first kappa shape index (κ1) is 22.9. The van der Waals surface area contributed by atoms with Crippen LogP contribution in [0.2, 0.25) is 0 Å². The number of carbonyl (C=O) groups is 1. The van der Waals surface area contributed by atoms with E-state index in [-0.39, 0.29) is 35.1 Å². The number of piperidine rings is 1. The van der Waals surface area contributed by atoms with Gasteiger partial charge in [-0.15, -0.1) is 0 Å². The summed E-state index contributed by atoms with van der Waals surface area (Å²) in [5.41, 5.74) is 1.40. The van der Waals surface area contributed by atoms with Gasteiger partial charge in [0.25, 0.3) is 0 Å². The van der Waals surface area contributed by atoms with Crippen LogP contribution < -0.4 is 0 Å². The standard InChI is InChI=1S/C23H31N3O5S/c1-17-22(18(2)31-24-17)32(28,29)26-12-6-10-20(15-26)23(27)25(16-21-11-7-13-30-21)14-19-8-4-3-5-9-19/h3-5,8-9,20-21H,6-7,10-16H2,1-2H3. The molecule has 0 saturated carbocycles. The summed E-state index contributed by atoms with van der Waals surface area (Å²) in [6.07, 6.45) is 3.29. The van der Waals surface area contributed by atoms with Gasteiger partial charge in [-0.2, -0.15) is 4.31 Å². The first-order chi connectivity index (χ1) is 15.4. The fourth-order valence-corrected chi connectivity index (χ4v) is 6.48. The van der Waals surface area contributed by atoms with Crippen LogP contribution in [-0.4, -0.2) is 61.0 Å². The Hall–Kier alpha value is -2.23. The van der Waals surface area contributed by atoms with Gasteiger partial charge in [0.2, 0.25) is 15.9 Å². The van der Waals surface area contributed by atoms with Crippen LogP contribution in [0.5, 0.6) is 0 Å². The third-order valence-corrected chi connectivity index (χ3v) is 8.39. The maximum absolute atomic E-state index is 13.6. The summed E-state index contributed by atoms with van der Waals surface area (Å²) in [5, 5.41) is 3.79. The average molecular weight is 462 g/mol. The van der Waals surface area contributed by atoms with Gasteiger partial charge in [-0.05, 0) is 45.1 Å². The van der Waals surface area contributed by atoms with E-state index in [2.05, 4.69) is 5.16 Å². The smallest absolute Gasteiger partial charge is 0.248 e. The zero-order chi connectivity index (χ0) is 22.7. The van der Waals surface area contributed by atoms with Gasteiger partial charge in [-0.3, -0.25) is 4.79 Å². The molecule has 1 aromatic carbocycles. The normalized spacial score (nSPS) is 22.2. The quantitative estimate of drug-likeness (QED) is 0.630. The van der Waals surface area contributed by atoms with E-state index in [1.54, 1.807) is 13.8 Å². The molecule has 9 heteroatoms. The second-order valence-corrected chi connectivity index (χ2v) is 10.6. The van der Waals surface area contributed by atoms with E-state index in [0.29, 0.717) is 38.2 Å². The highest BCUT2D eigenvalue weighted by Gasteiger charge is 2.38. The number of aromatic nitrogens is 1. The summed E-state index contributed by atoms with van der Waals surface area (Å²) in [7, 11) is -3.77. The van der Waals surface area contributed by atoms with Crippen molar-refractivity contribution in [2.24, 2.45) is 5.92 Å². The predicted molar refractivity (Wildman–Crippen MR) is 118 cm³/mol. The number of benzene rings is 1. The number of hydrogen-bond acceptors (Lipinski definition) is 6. The molecule has 8 nitrogen and oxygen atoms in total. The van der Waals surface area contributed by atoms with E-state index in [1.165, 1.54) is 4.31 Å². The molecule has 2 fully saturated rings. The van der Waals surface area contributed by atoms with E-state index in [9.17, 15) is 13.2 Å². The lowest BCUT2D eigenvalue weighted by atomic mass is 9.97. The number of aryl methyl sites for hydroxylation is 2. The molecular formula is C23H31N3O5S. The zero-order valence-electron chi connectivity index (χ0n) is 18.7. The molecule has 2 aliphatic rings. The van der Waals surface area contributed by atoms with Crippen LogP contribution in [0.3, 0.4) is 0 Å². The Morgan fingerprint density at radius 3 is 2.62 bits per heavy atom. The molecule has 2 atom stereocenters. The van der Waals surface area contributed by atoms with Crippen LogP contribution in [0.1, 0.15) is 42.7 Å². The number of carbonyl (C=O) groups excluding carboxylic acids is 1. The minimum atomic E-state index is -3.77. The Morgan fingerprint density at radius 2 is 1.97 bits per heavy atom. The minimum absolute atomic E-state index is 0.0111. The first-order valence-corrected chi connectivity index (χ1v) is 12.7. The van der Waals surface area contributed by atoms with Crippen molar-refractivity contribution in [3.63, 3.8) is 0 Å². The molecule has 0 N–H and O–H groups in total. The van der Waals surface area contributed by atoms with Crippen molar-refractivity contribution in [1.82, 2.24) is 14.4 Å². The highest BCUT2D eigenvalue weighted by molar-refractivity contribution is 7.89. The molecule has 32 heavy (non-hydrogen) atoms. The molecule has 174 valence electrons. The van der Waals surface area contributed by atoms with Crippen LogP contribution in [-0.2, 0) is 26.1 Å². The molecular weight excluding hydrogens is 430 g/mol. The lowest BCUT2D eigenvalue weighted by molar-refractivity contribution is -0.139. The van der Waals surface area contributed by atoms with Crippen molar-refractivity contribution >= 4 is 15.9 Å². The van der Waals surface area contributed by atoms with Gasteiger partial charge in [0, 0.05) is 32.8 Å². The summed E-state index contributed by atoms with van der Waals surface area (Å²) in [6, 6.07) is 9.88. The maximum Gasteiger partial charge on any atom is 0.248 e.